The van der Waals surface area contributed by atoms with Crippen LogP contribution in [0.25, 0.3) is 23.1 Å². The first-order valence-electron chi connectivity index (χ1n) is 8.57. The van der Waals surface area contributed by atoms with Gasteiger partial charge < -0.3 is 5.32 Å². The summed E-state index contributed by atoms with van der Waals surface area (Å²) in [6.45, 7) is 5.52. The number of hydrogen-bond donors (Lipinski definition) is 1. The van der Waals surface area contributed by atoms with Gasteiger partial charge in [-0.15, -0.1) is 0 Å². The molecule has 27 heavy (non-hydrogen) atoms. The van der Waals surface area contributed by atoms with Crippen LogP contribution in [-0.4, -0.2) is 10.9 Å². The molecule has 0 radical (unpaired) electrons. The SMILES string of the molecule is CC(C)(C)C(=O)Nc1ccc(C=Cc2cc(F)cc(F)c2)c2cccnc12. The monoisotopic (exact) mass is 366 g/mol. The van der Waals surface area contributed by atoms with Crippen LogP contribution in [0.5, 0.6) is 0 Å². The van der Waals surface area contributed by atoms with Gasteiger partial charge in [-0.25, -0.2) is 8.78 Å². The Morgan fingerprint density at radius 2 is 1.74 bits per heavy atom. The number of nitrogens with zero attached hydrogens (tertiary/aromatic N) is 1. The first-order valence-corrected chi connectivity index (χ1v) is 8.57. The molecule has 0 aliphatic carbocycles. The fourth-order valence-corrected chi connectivity index (χ4v) is 2.61. The van der Waals surface area contributed by atoms with Gasteiger partial charge in [0.15, 0.2) is 0 Å². The Hall–Kier alpha value is -3.08. The third kappa shape index (κ3) is 4.37. The molecule has 0 spiro atoms. The number of pyridine rings is 1. The molecule has 0 bridgehead atoms. The molecule has 0 unspecified atom stereocenters. The number of carbonyl (C=O) groups excluding carboxylic acids is 1. The number of nitrogens with one attached hydrogen (secondary N) is 1. The fraction of sp³-hybridized carbons (Fsp3) is 0.182. The summed E-state index contributed by atoms with van der Waals surface area (Å²) in [5, 5.41) is 3.75. The first kappa shape index (κ1) is 18.7. The van der Waals surface area contributed by atoms with E-state index in [-0.39, 0.29) is 5.91 Å². The molecule has 5 heteroatoms. The van der Waals surface area contributed by atoms with Crippen molar-refractivity contribution in [3.05, 3.63) is 71.4 Å². The minimum atomic E-state index is -0.624. The van der Waals surface area contributed by atoms with Crippen LogP contribution < -0.4 is 5.32 Å². The van der Waals surface area contributed by atoms with Crippen molar-refractivity contribution in [2.75, 3.05) is 5.32 Å². The summed E-state index contributed by atoms with van der Waals surface area (Å²) in [4.78, 5) is 16.7. The maximum atomic E-state index is 13.4. The zero-order valence-corrected chi connectivity index (χ0v) is 15.4. The van der Waals surface area contributed by atoms with Crippen molar-refractivity contribution in [2.24, 2.45) is 5.41 Å². The zero-order chi connectivity index (χ0) is 19.6. The maximum Gasteiger partial charge on any atom is 0.229 e. The Labute approximate surface area is 156 Å². The molecule has 0 fully saturated rings. The number of aromatic nitrogens is 1. The van der Waals surface area contributed by atoms with Crippen molar-refractivity contribution in [3.8, 4) is 0 Å². The quantitative estimate of drug-likeness (QED) is 0.607. The summed E-state index contributed by atoms with van der Waals surface area (Å²) in [5.74, 6) is -1.35. The Kier molecular flexibility index (Phi) is 5.04. The van der Waals surface area contributed by atoms with Crippen LogP contribution in [-0.2, 0) is 4.79 Å². The lowest BCUT2D eigenvalue weighted by molar-refractivity contribution is -0.123. The minimum absolute atomic E-state index is 0.104. The van der Waals surface area contributed by atoms with E-state index in [4.69, 9.17) is 0 Å². The number of benzene rings is 2. The number of amides is 1. The second kappa shape index (κ2) is 7.27. The lowest BCUT2D eigenvalue weighted by Gasteiger charge is -2.18. The van der Waals surface area contributed by atoms with Gasteiger partial charge in [-0.2, -0.15) is 0 Å². The average molecular weight is 366 g/mol. The van der Waals surface area contributed by atoms with Crippen LogP contribution in [0.15, 0.2) is 48.7 Å². The van der Waals surface area contributed by atoms with Crippen molar-refractivity contribution in [2.45, 2.75) is 20.8 Å². The molecule has 1 heterocycles. The number of anilines is 1. The summed E-state index contributed by atoms with van der Waals surface area (Å²) in [5.41, 5.74) is 2.01. The maximum absolute atomic E-state index is 13.4. The number of rotatable bonds is 3. The highest BCUT2D eigenvalue weighted by Gasteiger charge is 2.22. The van der Waals surface area contributed by atoms with Gasteiger partial charge in [-0.3, -0.25) is 9.78 Å². The highest BCUT2D eigenvalue weighted by molar-refractivity contribution is 6.04. The molecule has 1 aromatic heterocycles. The van der Waals surface area contributed by atoms with Gasteiger partial charge in [0.1, 0.15) is 11.6 Å². The van der Waals surface area contributed by atoms with E-state index in [1.807, 2.05) is 32.9 Å². The van der Waals surface area contributed by atoms with E-state index in [0.29, 0.717) is 16.8 Å². The van der Waals surface area contributed by atoms with E-state index in [1.165, 1.54) is 12.1 Å². The van der Waals surface area contributed by atoms with E-state index in [2.05, 4.69) is 10.3 Å². The minimum Gasteiger partial charge on any atom is -0.324 e. The number of halogens is 2. The predicted molar refractivity (Wildman–Crippen MR) is 105 cm³/mol. The van der Waals surface area contributed by atoms with Crippen molar-refractivity contribution in [1.82, 2.24) is 4.98 Å². The van der Waals surface area contributed by atoms with E-state index < -0.39 is 17.0 Å². The second-order valence-electron chi connectivity index (χ2n) is 7.34. The Bertz CT molecular complexity index is 1020. The topological polar surface area (TPSA) is 42.0 Å². The highest BCUT2D eigenvalue weighted by atomic mass is 19.1. The third-order valence-corrected chi connectivity index (χ3v) is 4.07. The lowest BCUT2D eigenvalue weighted by atomic mass is 9.95. The number of fused-ring (bicyclic) bond motifs is 1. The summed E-state index contributed by atoms with van der Waals surface area (Å²) >= 11 is 0. The van der Waals surface area contributed by atoms with Crippen LogP contribution in [0.2, 0.25) is 0 Å². The molecule has 1 N–H and O–H groups in total. The molecule has 0 atom stereocenters. The largest absolute Gasteiger partial charge is 0.324 e. The molecule has 3 rings (SSSR count). The van der Waals surface area contributed by atoms with Crippen molar-refractivity contribution in [1.29, 1.82) is 0 Å². The van der Waals surface area contributed by atoms with Crippen LogP contribution in [0.1, 0.15) is 31.9 Å². The molecule has 0 aliphatic rings. The van der Waals surface area contributed by atoms with Crippen LogP contribution in [0.3, 0.4) is 0 Å². The standard InChI is InChI=1S/C22H20F2N2O/c1-22(2,3)21(27)26-19-9-8-15(18-5-4-10-25-20(18)19)7-6-14-11-16(23)13-17(24)12-14/h4-13H,1-3H3,(H,26,27). The normalized spacial score (nSPS) is 11.9. The van der Waals surface area contributed by atoms with E-state index in [0.717, 1.165) is 17.0 Å². The second-order valence-corrected chi connectivity index (χ2v) is 7.34. The first-order chi connectivity index (χ1) is 12.7. The predicted octanol–water partition coefficient (Wildman–Crippen LogP) is 5.67. The summed E-state index contributed by atoms with van der Waals surface area (Å²) < 4.78 is 26.7. The molecule has 138 valence electrons. The summed E-state index contributed by atoms with van der Waals surface area (Å²) in [7, 11) is 0. The zero-order valence-electron chi connectivity index (χ0n) is 15.4. The van der Waals surface area contributed by atoms with Crippen LogP contribution >= 0.6 is 0 Å². The Morgan fingerprint density at radius 3 is 2.41 bits per heavy atom. The molecule has 0 aliphatic heterocycles. The fourth-order valence-electron chi connectivity index (χ4n) is 2.61. The molecular weight excluding hydrogens is 346 g/mol. The van der Waals surface area contributed by atoms with Crippen LogP contribution in [0.4, 0.5) is 14.5 Å². The average Bonchev–Trinajstić information content (AvgIpc) is 2.59. The van der Waals surface area contributed by atoms with Gasteiger partial charge in [0.25, 0.3) is 0 Å². The summed E-state index contributed by atoms with van der Waals surface area (Å²) in [6, 6.07) is 10.7. The molecular formula is C22H20F2N2O. The van der Waals surface area contributed by atoms with E-state index >= 15 is 0 Å². The van der Waals surface area contributed by atoms with Gasteiger partial charge in [0, 0.05) is 23.1 Å². The highest BCUT2D eigenvalue weighted by Crippen LogP contribution is 2.28. The molecule has 1 amide bonds. The van der Waals surface area contributed by atoms with Gasteiger partial charge in [-0.1, -0.05) is 45.1 Å². The van der Waals surface area contributed by atoms with Gasteiger partial charge in [0.05, 0.1) is 11.2 Å². The number of carbonyl (C=O) groups is 1. The van der Waals surface area contributed by atoms with Crippen molar-refractivity contribution < 1.29 is 13.6 Å². The Balaban J connectivity index is 2.00. The molecule has 3 aromatic rings. The molecule has 3 nitrogen and oxygen atoms in total. The van der Waals surface area contributed by atoms with Gasteiger partial charge >= 0.3 is 0 Å². The van der Waals surface area contributed by atoms with Crippen molar-refractivity contribution in [3.63, 3.8) is 0 Å². The van der Waals surface area contributed by atoms with E-state index in [1.54, 1.807) is 30.5 Å². The Morgan fingerprint density at radius 1 is 1.04 bits per heavy atom. The lowest BCUT2D eigenvalue weighted by Crippen LogP contribution is -2.27. The third-order valence-electron chi connectivity index (χ3n) is 4.07. The van der Waals surface area contributed by atoms with Gasteiger partial charge in [-0.05, 0) is 35.4 Å². The summed E-state index contributed by atoms with van der Waals surface area (Å²) in [6.07, 6.45) is 5.07. The van der Waals surface area contributed by atoms with Crippen LogP contribution in [0, 0.1) is 17.0 Å². The number of hydrogen-bond acceptors (Lipinski definition) is 2. The molecule has 0 saturated heterocycles. The smallest absolute Gasteiger partial charge is 0.229 e. The van der Waals surface area contributed by atoms with Crippen molar-refractivity contribution >= 4 is 34.6 Å². The molecule has 0 saturated carbocycles. The van der Waals surface area contributed by atoms with Gasteiger partial charge in [0.2, 0.25) is 5.91 Å². The molecule has 2 aromatic carbocycles. The van der Waals surface area contributed by atoms with E-state index in [9.17, 15) is 13.6 Å².